The lowest BCUT2D eigenvalue weighted by Gasteiger charge is -2.49. The molecule has 2 saturated heterocycles. The molecule has 1 aromatic carbocycles. The Bertz CT molecular complexity index is 1110. The number of nitrogens with zero attached hydrogens (tertiary/aromatic N) is 4. The minimum atomic E-state index is -1.50. The van der Waals surface area contributed by atoms with Crippen LogP contribution in [0.1, 0.15) is 58.2 Å². The summed E-state index contributed by atoms with van der Waals surface area (Å²) in [5.41, 5.74) is 6.05. The van der Waals surface area contributed by atoms with Crippen LogP contribution < -0.4 is 16.0 Å². The molecule has 1 unspecified atom stereocenters. The summed E-state index contributed by atoms with van der Waals surface area (Å²) in [5.74, 6) is 0.192. The van der Waals surface area contributed by atoms with Crippen molar-refractivity contribution in [3.05, 3.63) is 47.4 Å². The summed E-state index contributed by atoms with van der Waals surface area (Å²) in [6, 6.07) is 6.46. The monoisotopic (exact) mass is 486 g/mol. The van der Waals surface area contributed by atoms with Gasteiger partial charge in [0.2, 0.25) is 5.95 Å². The first-order chi connectivity index (χ1) is 16.3. The molecule has 0 bridgehead atoms. The van der Waals surface area contributed by atoms with Crippen LogP contribution in [0.3, 0.4) is 0 Å². The molecule has 4 rings (SSSR count). The smallest absolute Gasteiger partial charge is 0.418 e. The molecule has 2 aliphatic heterocycles. The van der Waals surface area contributed by atoms with Crippen molar-refractivity contribution in [2.24, 2.45) is 11.1 Å². The summed E-state index contributed by atoms with van der Waals surface area (Å²) in [4.78, 5) is 23.9. The van der Waals surface area contributed by atoms with Gasteiger partial charge in [-0.25, -0.2) is 19.1 Å². The van der Waals surface area contributed by atoms with E-state index < -0.39 is 11.8 Å². The first-order valence-corrected chi connectivity index (χ1v) is 11.9. The first kappa shape index (κ1) is 25.3. The van der Waals surface area contributed by atoms with Crippen LogP contribution in [0.4, 0.5) is 21.0 Å². The average Bonchev–Trinajstić information content (AvgIpc) is 3.04. The van der Waals surface area contributed by atoms with E-state index in [1.165, 1.54) is 25.3 Å². The van der Waals surface area contributed by atoms with Crippen molar-refractivity contribution in [1.29, 1.82) is 0 Å². The third-order valence-corrected chi connectivity index (χ3v) is 7.43. The van der Waals surface area contributed by atoms with Gasteiger partial charge in [0.05, 0.1) is 6.04 Å². The average molecular weight is 487 g/mol. The van der Waals surface area contributed by atoms with Crippen LogP contribution in [0.15, 0.2) is 30.5 Å². The second-order valence-electron chi connectivity index (χ2n) is 10.8. The third kappa shape index (κ3) is 5.10. The van der Waals surface area contributed by atoms with Crippen molar-refractivity contribution in [3.8, 4) is 0 Å². The molecule has 4 N–H and O–H groups in total. The fourth-order valence-corrected chi connectivity index (χ4v) is 4.57. The standard InChI is InChI=1S/C25H35FN6O3/c1-16(29-21-28-10-8-20(30-21)32-22(33)35-15-25(32,5)34)17-6-7-18(19(26)12-17)13-31-11-9-24(4,27)23(2,3)14-31/h6-8,10,12,16,34H,9,11,13-15,27H2,1-5H3,(H,28,29,30)/t16-,24?,25-/m0/s1. The molecule has 0 aliphatic carbocycles. The van der Waals surface area contributed by atoms with Gasteiger partial charge in [-0.1, -0.05) is 26.0 Å². The second kappa shape index (κ2) is 9.00. The summed E-state index contributed by atoms with van der Waals surface area (Å²) >= 11 is 0. The van der Waals surface area contributed by atoms with Crippen LogP contribution in [0, 0.1) is 11.2 Å². The normalized spacial score (nSPS) is 27.5. The number of cyclic esters (lactones) is 1. The Kier molecular flexibility index (Phi) is 6.50. The van der Waals surface area contributed by atoms with Crippen molar-refractivity contribution in [1.82, 2.24) is 14.9 Å². The molecule has 2 aliphatic rings. The van der Waals surface area contributed by atoms with E-state index in [0.717, 1.165) is 30.0 Å². The summed E-state index contributed by atoms with van der Waals surface area (Å²) < 4.78 is 20.0. The van der Waals surface area contributed by atoms with Gasteiger partial charge in [0, 0.05) is 36.9 Å². The number of piperidine rings is 1. The lowest BCUT2D eigenvalue weighted by Crippen LogP contribution is -2.60. The van der Waals surface area contributed by atoms with Crippen LogP contribution in [0.25, 0.3) is 0 Å². The molecule has 3 heterocycles. The van der Waals surface area contributed by atoms with Gasteiger partial charge in [-0.3, -0.25) is 4.90 Å². The molecule has 2 aromatic rings. The number of carbonyl (C=O) groups is 1. The van der Waals surface area contributed by atoms with E-state index in [4.69, 9.17) is 10.5 Å². The number of likely N-dealkylation sites (tertiary alicyclic amines) is 1. The topological polar surface area (TPSA) is 117 Å². The van der Waals surface area contributed by atoms with Gasteiger partial charge in [-0.2, -0.15) is 4.98 Å². The second-order valence-corrected chi connectivity index (χ2v) is 10.8. The van der Waals surface area contributed by atoms with Crippen molar-refractivity contribution >= 4 is 17.9 Å². The molecule has 0 radical (unpaired) electrons. The quantitative estimate of drug-likeness (QED) is 0.569. The van der Waals surface area contributed by atoms with Crippen molar-refractivity contribution in [2.75, 3.05) is 29.9 Å². The highest BCUT2D eigenvalue weighted by atomic mass is 19.1. The molecule has 1 aromatic heterocycles. The molecule has 0 saturated carbocycles. The van der Waals surface area contributed by atoms with Gasteiger partial charge in [0.15, 0.2) is 5.72 Å². The van der Waals surface area contributed by atoms with Gasteiger partial charge in [0.1, 0.15) is 18.2 Å². The number of ether oxygens (including phenoxy) is 1. The van der Waals surface area contributed by atoms with E-state index >= 15 is 4.39 Å². The molecule has 2 fully saturated rings. The number of aromatic nitrogens is 2. The van der Waals surface area contributed by atoms with E-state index in [0.29, 0.717) is 12.1 Å². The zero-order valence-corrected chi connectivity index (χ0v) is 21.0. The highest BCUT2D eigenvalue weighted by Gasteiger charge is 2.44. The molecule has 0 spiro atoms. The molecule has 190 valence electrons. The number of rotatable bonds is 6. The number of hydrogen-bond acceptors (Lipinski definition) is 8. The number of halogens is 1. The van der Waals surface area contributed by atoms with Crippen LogP contribution in [0.5, 0.6) is 0 Å². The Morgan fingerprint density at radius 3 is 2.66 bits per heavy atom. The molecule has 35 heavy (non-hydrogen) atoms. The fraction of sp³-hybridized carbons (Fsp3) is 0.560. The SMILES string of the molecule is C[C@H](Nc1nccc(N2C(=O)OC[C@]2(C)O)n1)c1ccc(CN2CCC(C)(N)C(C)(C)C2)c(F)c1. The lowest BCUT2D eigenvalue weighted by molar-refractivity contribution is 0.0369. The van der Waals surface area contributed by atoms with Crippen LogP contribution in [-0.4, -0.2) is 57.0 Å². The highest BCUT2D eigenvalue weighted by molar-refractivity contribution is 5.89. The molecule has 1 amide bonds. The summed E-state index contributed by atoms with van der Waals surface area (Å²) in [6.45, 7) is 11.8. The number of nitrogens with one attached hydrogen (secondary N) is 1. The van der Waals surface area contributed by atoms with Gasteiger partial charge in [-0.15, -0.1) is 0 Å². The highest BCUT2D eigenvalue weighted by Crippen LogP contribution is 2.37. The van der Waals surface area contributed by atoms with Crippen LogP contribution >= 0.6 is 0 Å². The maximum Gasteiger partial charge on any atom is 0.418 e. The largest absolute Gasteiger partial charge is 0.444 e. The maximum absolute atomic E-state index is 15.0. The van der Waals surface area contributed by atoms with Gasteiger partial charge in [0.25, 0.3) is 0 Å². The number of amides is 1. The molecule has 9 nitrogen and oxygen atoms in total. The van der Waals surface area contributed by atoms with Crippen molar-refractivity contribution in [3.63, 3.8) is 0 Å². The molecule has 10 heteroatoms. The minimum absolute atomic E-state index is 0.0616. The maximum atomic E-state index is 15.0. The van der Waals surface area contributed by atoms with Gasteiger partial charge >= 0.3 is 6.09 Å². The zero-order chi connectivity index (χ0) is 25.6. The summed E-state index contributed by atoms with van der Waals surface area (Å²) in [6.07, 6.45) is 1.66. The number of nitrogens with two attached hydrogens (primary N) is 1. The molecular weight excluding hydrogens is 451 g/mol. The predicted octanol–water partition coefficient (Wildman–Crippen LogP) is 3.40. The summed E-state index contributed by atoms with van der Waals surface area (Å²) in [5, 5.41) is 13.5. The van der Waals surface area contributed by atoms with E-state index in [-0.39, 0.29) is 41.2 Å². The van der Waals surface area contributed by atoms with Crippen molar-refractivity contribution in [2.45, 2.75) is 64.9 Å². The minimum Gasteiger partial charge on any atom is -0.444 e. The summed E-state index contributed by atoms with van der Waals surface area (Å²) in [7, 11) is 0. The van der Waals surface area contributed by atoms with E-state index in [1.54, 1.807) is 0 Å². The Balaban J connectivity index is 1.44. The number of aliphatic hydroxyl groups is 1. The zero-order valence-electron chi connectivity index (χ0n) is 21.0. The van der Waals surface area contributed by atoms with Crippen LogP contribution in [-0.2, 0) is 11.3 Å². The number of hydrogen-bond donors (Lipinski definition) is 3. The van der Waals surface area contributed by atoms with Gasteiger partial charge in [-0.05, 0) is 50.3 Å². The Morgan fingerprint density at radius 2 is 2.03 bits per heavy atom. The predicted molar refractivity (Wildman–Crippen MR) is 131 cm³/mol. The number of carbonyl (C=O) groups excluding carboxylic acids is 1. The van der Waals surface area contributed by atoms with Gasteiger partial charge < -0.3 is 20.9 Å². The first-order valence-electron chi connectivity index (χ1n) is 11.9. The van der Waals surface area contributed by atoms with Crippen molar-refractivity contribution < 1.29 is 19.0 Å². The van der Waals surface area contributed by atoms with E-state index in [1.807, 2.05) is 19.1 Å². The number of benzene rings is 1. The Labute approximate surface area is 205 Å². The molecular formula is C25H35FN6O3. The fourth-order valence-electron chi connectivity index (χ4n) is 4.57. The Morgan fingerprint density at radius 1 is 1.29 bits per heavy atom. The molecule has 3 atom stereocenters. The van der Waals surface area contributed by atoms with E-state index in [2.05, 4.69) is 41.0 Å². The lowest BCUT2D eigenvalue weighted by atomic mass is 9.69. The van der Waals surface area contributed by atoms with E-state index in [9.17, 15) is 9.90 Å². The van der Waals surface area contributed by atoms with Crippen LogP contribution in [0.2, 0.25) is 0 Å². The Hall–Kier alpha value is -2.82. The number of anilines is 2. The third-order valence-electron chi connectivity index (χ3n) is 7.43.